The Bertz CT molecular complexity index is 861. The van der Waals surface area contributed by atoms with Crippen molar-refractivity contribution in [2.45, 2.75) is 25.6 Å². The molecule has 1 aliphatic heterocycles. The van der Waals surface area contributed by atoms with Gasteiger partial charge in [-0.25, -0.2) is 0 Å². The molecule has 1 saturated heterocycles. The zero-order valence-electron chi connectivity index (χ0n) is 28.8. The maximum absolute atomic E-state index is 10.6. The lowest BCUT2D eigenvalue weighted by Crippen LogP contribution is -2.24. The van der Waals surface area contributed by atoms with Gasteiger partial charge < -0.3 is 61.6 Å². The molecule has 1 aromatic carbocycles. The Morgan fingerprint density at radius 2 is 0.857 bits per heavy atom. The highest BCUT2D eigenvalue weighted by Gasteiger charge is 2.13. The quantitative estimate of drug-likeness (QED) is 0.0568. The van der Waals surface area contributed by atoms with Crippen LogP contribution in [-0.4, -0.2) is 163 Å². The molecule has 1 atom stereocenters. The molecule has 1 fully saturated rings. The molecule has 1 unspecified atom stereocenters. The van der Waals surface area contributed by atoms with E-state index in [0.717, 1.165) is 25.9 Å². The van der Waals surface area contributed by atoms with Crippen LogP contribution in [0.5, 0.6) is 5.75 Å². The zero-order chi connectivity index (χ0) is 34.7. The molecule has 0 aliphatic carbocycles. The summed E-state index contributed by atoms with van der Waals surface area (Å²) in [5.74, 6) is 0.556. The monoisotopic (exact) mass is 707 g/mol. The van der Waals surface area contributed by atoms with Gasteiger partial charge in [0.2, 0.25) is 0 Å². The van der Waals surface area contributed by atoms with Crippen molar-refractivity contribution in [1.82, 2.24) is 0 Å². The summed E-state index contributed by atoms with van der Waals surface area (Å²) in [6.45, 7) is 11.4. The second-order valence-corrected chi connectivity index (χ2v) is 10.4. The molecule has 49 heavy (non-hydrogen) atoms. The first-order chi connectivity index (χ1) is 24.3. The van der Waals surface area contributed by atoms with E-state index in [4.69, 9.17) is 61.6 Å². The summed E-state index contributed by atoms with van der Waals surface area (Å²) in [5, 5.41) is 10.6. The minimum Gasteiger partial charge on any atom is -0.491 e. The Morgan fingerprint density at radius 1 is 0.510 bits per heavy atom. The summed E-state index contributed by atoms with van der Waals surface area (Å²) in [6.07, 6.45) is 3.17. The lowest BCUT2D eigenvalue weighted by molar-refractivity contribution is -0.384. The van der Waals surface area contributed by atoms with Crippen molar-refractivity contribution >= 4 is 5.69 Å². The number of nitro benzene ring substituents is 1. The first kappa shape index (κ1) is 43.1. The predicted molar refractivity (Wildman–Crippen MR) is 176 cm³/mol. The highest BCUT2D eigenvalue weighted by molar-refractivity contribution is 5.35. The van der Waals surface area contributed by atoms with Gasteiger partial charge in [0.25, 0.3) is 5.69 Å². The van der Waals surface area contributed by atoms with Gasteiger partial charge in [-0.1, -0.05) is 0 Å². The summed E-state index contributed by atoms with van der Waals surface area (Å²) in [4.78, 5) is 10.2. The van der Waals surface area contributed by atoms with Crippen molar-refractivity contribution in [3.63, 3.8) is 0 Å². The number of nitro groups is 1. The van der Waals surface area contributed by atoms with Crippen molar-refractivity contribution in [2.75, 3.05) is 152 Å². The fraction of sp³-hybridized carbons (Fsp3) is 0.818. The maximum Gasteiger partial charge on any atom is 0.269 e. The molecule has 0 amide bonds. The van der Waals surface area contributed by atoms with Gasteiger partial charge in [-0.15, -0.1) is 0 Å². The molecule has 1 heterocycles. The molecular weight excluding hydrogens is 650 g/mol. The van der Waals surface area contributed by atoms with E-state index < -0.39 is 4.92 Å². The predicted octanol–water partition coefficient (Wildman–Crippen LogP) is 2.68. The minimum atomic E-state index is -0.452. The lowest BCUT2D eigenvalue weighted by atomic mass is 10.2. The van der Waals surface area contributed by atoms with Crippen LogP contribution in [0.3, 0.4) is 0 Å². The van der Waals surface area contributed by atoms with Crippen molar-refractivity contribution in [3.05, 3.63) is 34.4 Å². The molecule has 1 aromatic rings. The normalized spacial score (nSPS) is 14.7. The topological polar surface area (TPSA) is 163 Å². The SMILES string of the molecule is O=[N+]([O-])c1ccc(OCCOCCOCCOCCOCCOCCOCCOCCOCCOCCOCCOC2CCCCO2)cc1. The number of ether oxygens (including phenoxy) is 13. The number of rotatable bonds is 36. The standard InChI is InChI=1S/C33H57NO15/c35-34(36)31-4-6-32(7-5-31)47-29-27-45-25-23-43-21-19-41-17-15-39-13-11-37-9-10-38-12-14-40-16-18-42-20-22-44-24-26-46-28-30-49-33-3-1-2-8-48-33/h4-7,33H,1-3,8-30H2. The zero-order valence-corrected chi connectivity index (χ0v) is 28.8. The van der Waals surface area contributed by atoms with Crippen LogP contribution in [0.25, 0.3) is 0 Å². The highest BCUT2D eigenvalue weighted by Crippen LogP contribution is 2.17. The van der Waals surface area contributed by atoms with Crippen LogP contribution >= 0.6 is 0 Å². The molecule has 16 heteroatoms. The van der Waals surface area contributed by atoms with E-state index in [1.54, 1.807) is 12.1 Å². The Hall–Kier alpha value is -2.06. The Balaban J connectivity index is 1.14. The van der Waals surface area contributed by atoms with Crippen molar-refractivity contribution < 1.29 is 66.5 Å². The first-order valence-corrected chi connectivity index (χ1v) is 17.1. The molecule has 0 spiro atoms. The number of hydrogen-bond donors (Lipinski definition) is 0. The molecule has 2 rings (SSSR count). The lowest BCUT2D eigenvalue weighted by Gasteiger charge is -2.22. The fourth-order valence-electron chi connectivity index (χ4n) is 4.04. The Kier molecular flexibility index (Phi) is 29.1. The van der Waals surface area contributed by atoms with E-state index in [-0.39, 0.29) is 12.0 Å². The maximum atomic E-state index is 10.6. The largest absolute Gasteiger partial charge is 0.491 e. The number of non-ortho nitro benzene ring substituents is 1. The van der Waals surface area contributed by atoms with Crippen LogP contribution in [0.15, 0.2) is 24.3 Å². The van der Waals surface area contributed by atoms with Gasteiger partial charge in [0.05, 0.1) is 144 Å². The van der Waals surface area contributed by atoms with E-state index in [9.17, 15) is 10.1 Å². The van der Waals surface area contributed by atoms with Crippen molar-refractivity contribution in [1.29, 1.82) is 0 Å². The van der Waals surface area contributed by atoms with Crippen LogP contribution in [0, 0.1) is 10.1 Å². The van der Waals surface area contributed by atoms with Crippen LogP contribution in [0.1, 0.15) is 19.3 Å². The van der Waals surface area contributed by atoms with E-state index in [1.807, 2.05) is 0 Å². The number of nitrogens with zero attached hydrogens (tertiary/aromatic N) is 1. The Morgan fingerprint density at radius 3 is 1.18 bits per heavy atom. The Labute approximate surface area is 289 Å². The van der Waals surface area contributed by atoms with Gasteiger partial charge in [-0.05, 0) is 31.4 Å². The average Bonchev–Trinajstić information content (AvgIpc) is 3.12. The molecule has 0 aromatic heterocycles. The summed E-state index contributed by atoms with van der Waals surface area (Å²) < 4.78 is 71.3. The van der Waals surface area contributed by atoms with E-state index in [1.165, 1.54) is 12.1 Å². The third-order valence-corrected chi connectivity index (χ3v) is 6.56. The average molecular weight is 708 g/mol. The fourth-order valence-corrected chi connectivity index (χ4v) is 4.04. The third-order valence-electron chi connectivity index (χ3n) is 6.56. The van der Waals surface area contributed by atoms with Gasteiger partial charge in [-0.3, -0.25) is 10.1 Å². The number of benzene rings is 1. The molecule has 0 N–H and O–H groups in total. The van der Waals surface area contributed by atoms with E-state index in [2.05, 4.69) is 0 Å². The first-order valence-electron chi connectivity index (χ1n) is 17.1. The van der Waals surface area contributed by atoms with Gasteiger partial charge in [0, 0.05) is 18.7 Å². The van der Waals surface area contributed by atoms with Crippen LogP contribution < -0.4 is 4.74 Å². The van der Waals surface area contributed by atoms with Gasteiger partial charge in [0.15, 0.2) is 6.29 Å². The van der Waals surface area contributed by atoms with Crippen LogP contribution in [0.2, 0.25) is 0 Å². The number of hydrogen-bond acceptors (Lipinski definition) is 15. The van der Waals surface area contributed by atoms with Gasteiger partial charge >= 0.3 is 0 Å². The van der Waals surface area contributed by atoms with Crippen molar-refractivity contribution in [2.24, 2.45) is 0 Å². The van der Waals surface area contributed by atoms with Gasteiger partial charge in [0.1, 0.15) is 12.4 Å². The van der Waals surface area contributed by atoms with Crippen molar-refractivity contribution in [3.8, 4) is 5.75 Å². The summed E-state index contributed by atoms with van der Waals surface area (Å²) in [7, 11) is 0. The van der Waals surface area contributed by atoms with Gasteiger partial charge in [-0.2, -0.15) is 0 Å². The summed E-state index contributed by atoms with van der Waals surface area (Å²) in [5.41, 5.74) is 0.0254. The van der Waals surface area contributed by atoms with E-state index in [0.29, 0.717) is 151 Å². The summed E-state index contributed by atoms with van der Waals surface area (Å²) in [6, 6.07) is 5.91. The molecule has 0 bridgehead atoms. The minimum absolute atomic E-state index is 0.0254. The van der Waals surface area contributed by atoms with Crippen LogP contribution in [0.4, 0.5) is 5.69 Å². The molecular formula is C33H57NO15. The molecule has 0 radical (unpaired) electrons. The summed E-state index contributed by atoms with van der Waals surface area (Å²) >= 11 is 0. The smallest absolute Gasteiger partial charge is 0.269 e. The van der Waals surface area contributed by atoms with Crippen LogP contribution in [-0.2, 0) is 56.8 Å². The molecule has 16 nitrogen and oxygen atoms in total. The second kappa shape index (κ2) is 33.1. The van der Waals surface area contributed by atoms with E-state index >= 15 is 0 Å². The second-order valence-electron chi connectivity index (χ2n) is 10.4. The molecule has 0 saturated carbocycles. The third kappa shape index (κ3) is 27.4. The highest BCUT2D eigenvalue weighted by atomic mass is 16.7. The molecule has 1 aliphatic rings. The molecule has 284 valence electrons.